The second-order valence-corrected chi connectivity index (χ2v) is 7.95. The van der Waals surface area contributed by atoms with Gasteiger partial charge in [0.1, 0.15) is 11.6 Å². The summed E-state index contributed by atoms with van der Waals surface area (Å²) in [6.07, 6.45) is 3.39. The fraction of sp³-hybridized carbons (Fsp3) is 0.182. The maximum absolute atomic E-state index is 13.6. The summed E-state index contributed by atoms with van der Waals surface area (Å²) >= 11 is 6.32. The van der Waals surface area contributed by atoms with Gasteiger partial charge in [0.05, 0.1) is 34.3 Å². The number of aromatic nitrogens is 4. The van der Waals surface area contributed by atoms with Crippen LogP contribution in [0.3, 0.4) is 0 Å². The van der Waals surface area contributed by atoms with Gasteiger partial charge < -0.3 is 11.1 Å². The van der Waals surface area contributed by atoms with Crippen molar-refractivity contribution in [2.24, 2.45) is 19.8 Å². The number of benzene rings is 2. The van der Waals surface area contributed by atoms with Crippen LogP contribution in [0.2, 0.25) is 5.02 Å². The molecule has 8 nitrogen and oxygen atoms in total. The summed E-state index contributed by atoms with van der Waals surface area (Å²) in [5, 5.41) is 8.04. The van der Waals surface area contributed by atoms with Gasteiger partial charge >= 0.3 is 0 Å². The number of primary amides is 1. The molecule has 0 bridgehead atoms. The molecule has 0 saturated carbocycles. The molecule has 32 heavy (non-hydrogen) atoms. The molecule has 0 fully saturated rings. The third-order valence-corrected chi connectivity index (χ3v) is 5.44. The highest BCUT2D eigenvalue weighted by molar-refractivity contribution is 6.31. The Morgan fingerprint density at radius 3 is 2.66 bits per heavy atom. The largest absolute Gasteiger partial charge is 0.378 e. The van der Waals surface area contributed by atoms with Crippen LogP contribution in [0.15, 0.2) is 47.5 Å². The van der Waals surface area contributed by atoms with Crippen LogP contribution in [0, 0.1) is 5.82 Å². The second-order valence-electron chi connectivity index (χ2n) is 7.51. The Labute approximate surface area is 187 Å². The topological polar surface area (TPSA) is 108 Å². The number of nitrogens with two attached hydrogens (primary N) is 1. The fourth-order valence-corrected chi connectivity index (χ4v) is 3.87. The van der Waals surface area contributed by atoms with Gasteiger partial charge in [-0.1, -0.05) is 11.6 Å². The molecule has 164 valence electrons. The van der Waals surface area contributed by atoms with Crippen LogP contribution >= 0.6 is 11.6 Å². The van der Waals surface area contributed by atoms with Crippen LogP contribution in [0.1, 0.15) is 28.9 Å². The number of rotatable bonds is 5. The number of hydrogen-bond acceptors (Lipinski definition) is 5. The first kappa shape index (κ1) is 21.5. The van der Waals surface area contributed by atoms with E-state index in [0.717, 1.165) is 6.07 Å². The molecule has 3 N–H and O–H groups in total. The van der Waals surface area contributed by atoms with Gasteiger partial charge in [-0.05, 0) is 37.3 Å². The Hall–Kier alpha value is -3.72. The maximum Gasteiger partial charge on any atom is 0.261 e. The van der Waals surface area contributed by atoms with Crippen molar-refractivity contribution in [2.75, 3.05) is 5.32 Å². The third kappa shape index (κ3) is 3.82. The zero-order chi connectivity index (χ0) is 23.2. The van der Waals surface area contributed by atoms with Crippen molar-refractivity contribution in [1.82, 2.24) is 19.3 Å². The minimum Gasteiger partial charge on any atom is -0.378 e. The molecule has 4 rings (SSSR count). The number of aryl methyl sites for hydroxylation is 1. The highest BCUT2D eigenvalue weighted by Crippen LogP contribution is 2.30. The molecule has 0 aliphatic heterocycles. The van der Waals surface area contributed by atoms with Crippen molar-refractivity contribution in [3.8, 4) is 11.4 Å². The van der Waals surface area contributed by atoms with Gasteiger partial charge in [0, 0.05) is 36.6 Å². The normalized spacial score (nSPS) is 12.2. The highest BCUT2D eigenvalue weighted by Gasteiger charge is 2.20. The van der Waals surface area contributed by atoms with E-state index in [-0.39, 0.29) is 11.1 Å². The minimum absolute atomic E-state index is 0.0168. The first-order valence-corrected chi connectivity index (χ1v) is 10.1. The quantitative estimate of drug-likeness (QED) is 0.480. The number of carbonyl (C=O) groups is 1. The number of carbonyl (C=O) groups excluding carboxylic acids is 1. The monoisotopic (exact) mass is 454 g/mol. The Morgan fingerprint density at radius 1 is 1.25 bits per heavy atom. The minimum atomic E-state index is -0.763. The molecule has 0 aliphatic carbocycles. The van der Waals surface area contributed by atoms with Crippen molar-refractivity contribution in [2.45, 2.75) is 13.0 Å². The predicted octanol–water partition coefficient (Wildman–Crippen LogP) is 3.40. The zero-order valence-corrected chi connectivity index (χ0v) is 18.3. The molecule has 2 aromatic heterocycles. The molecule has 4 aromatic rings. The van der Waals surface area contributed by atoms with E-state index in [9.17, 15) is 14.0 Å². The maximum atomic E-state index is 13.6. The smallest absolute Gasteiger partial charge is 0.261 e. The summed E-state index contributed by atoms with van der Waals surface area (Å²) in [4.78, 5) is 29.6. The summed E-state index contributed by atoms with van der Waals surface area (Å²) in [5.41, 5.74) is 7.30. The Balaban J connectivity index is 1.88. The zero-order valence-electron chi connectivity index (χ0n) is 17.6. The van der Waals surface area contributed by atoms with Crippen molar-refractivity contribution in [3.05, 3.63) is 75.0 Å². The van der Waals surface area contributed by atoms with Crippen molar-refractivity contribution in [3.63, 3.8) is 0 Å². The second kappa shape index (κ2) is 8.08. The number of fused-ring (bicyclic) bond motifs is 1. The number of nitrogens with one attached hydrogen (secondary N) is 1. The third-order valence-electron chi connectivity index (χ3n) is 5.22. The van der Waals surface area contributed by atoms with Gasteiger partial charge in [-0.3, -0.25) is 18.8 Å². The lowest BCUT2D eigenvalue weighted by Crippen LogP contribution is -2.22. The van der Waals surface area contributed by atoms with Crippen LogP contribution < -0.4 is 16.6 Å². The van der Waals surface area contributed by atoms with E-state index in [2.05, 4.69) is 10.4 Å². The summed E-state index contributed by atoms with van der Waals surface area (Å²) in [5.74, 6) is -0.886. The molecule has 0 saturated heterocycles. The van der Waals surface area contributed by atoms with E-state index in [1.165, 1.54) is 16.7 Å². The molecular formula is C22H20ClFN6O2. The Bertz CT molecular complexity index is 1430. The van der Waals surface area contributed by atoms with Gasteiger partial charge in [-0.25, -0.2) is 9.37 Å². The fourth-order valence-electron chi connectivity index (χ4n) is 3.65. The molecule has 1 amide bonds. The van der Waals surface area contributed by atoms with E-state index >= 15 is 0 Å². The lowest BCUT2D eigenvalue weighted by Gasteiger charge is -2.20. The molecular weight excluding hydrogens is 435 g/mol. The van der Waals surface area contributed by atoms with Crippen LogP contribution in [-0.4, -0.2) is 25.2 Å². The van der Waals surface area contributed by atoms with Crippen LogP contribution in [0.4, 0.5) is 10.1 Å². The summed E-state index contributed by atoms with van der Waals surface area (Å²) in [6, 6.07) is 6.57. The van der Waals surface area contributed by atoms with Gasteiger partial charge in [-0.2, -0.15) is 5.10 Å². The van der Waals surface area contributed by atoms with Crippen LogP contribution in [0.25, 0.3) is 22.3 Å². The standard InChI is InChI=1S/C22H20ClFN6O2/c1-11(27-18-5-4-14(24)8-16(18)20(25)31)15-6-13(23)7-17-19(15)28-21(30(3)22(17)32)12-9-26-29(2)10-12/h4-11,27H,1-3H3,(H2,25,31)/t11-/m1/s1. The van der Waals surface area contributed by atoms with Gasteiger partial charge in [-0.15, -0.1) is 0 Å². The van der Waals surface area contributed by atoms with E-state index in [1.807, 2.05) is 6.92 Å². The summed E-state index contributed by atoms with van der Waals surface area (Å²) in [6.45, 7) is 1.82. The predicted molar refractivity (Wildman–Crippen MR) is 121 cm³/mol. The SMILES string of the molecule is C[C@@H](Nc1ccc(F)cc1C(N)=O)c1cc(Cl)cc2c(=O)n(C)c(-c3cnn(C)c3)nc12. The molecule has 0 spiro atoms. The molecule has 0 aliphatic rings. The van der Waals surface area contributed by atoms with E-state index < -0.39 is 17.8 Å². The van der Waals surface area contributed by atoms with E-state index in [4.69, 9.17) is 22.3 Å². The first-order chi connectivity index (χ1) is 15.2. The van der Waals surface area contributed by atoms with Gasteiger partial charge in [0.2, 0.25) is 0 Å². The van der Waals surface area contributed by atoms with Crippen LogP contribution in [-0.2, 0) is 14.1 Å². The number of amides is 1. The average molecular weight is 455 g/mol. The summed E-state index contributed by atoms with van der Waals surface area (Å²) < 4.78 is 16.7. The van der Waals surface area contributed by atoms with E-state index in [1.54, 1.807) is 43.3 Å². The van der Waals surface area contributed by atoms with Gasteiger partial charge in [0.25, 0.3) is 11.5 Å². The van der Waals surface area contributed by atoms with Crippen molar-refractivity contribution in [1.29, 1.82) is 0 Å². The molecule has 0 radical (unpaired) electrons. The van der Waals surface area contributed by atoms with E-state index in [0.29, 0.717) is 38.6 Å². The number of anilines is 1. The molecule has 10 heteroatoms. The van der Waals surface area contributed by atoms with Crippen molar-refractivity contribution < 1.29 is 9.18 Å². The lowest BCUT2D eigenvalue weighted by molar-refractivity contribution is 0.100. The van der Waals surface area contributed by atoms with Gasteiger partial charge in [0.15, 0.2) is 0 Å². The number of nitrogens with zero attached hydrogens (tertiary/aromatic N) is 4. The lowest BCUT2D eigenvalue weighted by atomic mass is 10.0. The number of hydrogen-bond donors (Lipinski definition) is 2. The molecule has 2 heterocycles. The average Bonchev–Trinajstić information content (AvgIpc) is 3.17. The Morgan fingerprint density at radius 2 is 2.00 bits per heavy atom. The molecule has 0 unspecified atom stereocenters. The summed E-state index contributed by atoms with van der Waals surface area (Å²) in [7, 11) is 3.41. The highest BCUT2D eigenvalue weighted by atomic mass is 35.5. The van der Waals surface area contributed by atoms with Crippen LogP contribution in [0.5, 0.6) is 0 Å². The van der Waals surface area contributed by atoms with Crippen molar-refractivity contribution >= 4 is 34.1 Å². The Kier molecular flexibility index (Phi) is 5.43. The first-order valence-electron chi connectivity index (χ1n) is 9.70. The molecule has 1 atom stereocenters. The number of halogens is 2. The molecule has 2 aromatic carbocycles.